The molecule has 2 aliphatic carbocycles. The summed E-state index contributed by atoms with van der Waals surface area (Å²) in [5.74, 6) is 2.34. The molecule has 0 spiro atoms. The summed E-state index contributed by atoms with van der Waals surface area (Å²) in [6, 6.07) is 9.11. The van der Waals surface area contributed by atoms with Crippen LogP contribution in [0.25, 0.3) is 0 Å². The number of fused-ring (bicyclic) bond motifs is 1. The number of rotatable bonds is 7. The molecule has 1 aliphatic heterocycles. The van der Waals surface area contributed by atoms with Crippen molar-refractivity contribution >= 4 is 12.2 Å². The highest BCUT2D eigenvalue weighted by molar-refractivity contribution is 7.71. The monoisotopic (exact) mass is 412 g/mol. The molecule has 0 saturated heterocycles. The Bertz CT molecular complexity index is 943. The Balaban J connectivity index is 1.44. The maximum Gasteiger partial charge on any atom is 0.199 e. The summed E-state index contributed by atoms with van der Waals surface area (Å²) in [7, 11) is 0. The lowest BCUT2D eigenvalue weighted by molar-refractivity contribution is 0.0811. The topological polar surface area (TPSA) is 44.5 Å². The van der Waals surface area contributed by atoms with Crippen molar-refractivity contribution in [2.45, 2.75) is 69.9 Å². The second-order valence-corrected chi connectivity index (χ2v) is 8.59. The van der Waals surface area contributed by atoms with Gasteiger partial charge in [0.15, 0.2) is 28.2 Å². The van der Waals surface area contributed by atoms with Gasteiger partial charge in [-0.05, 0) is 50.0 Å². The van der Waals surface area contributed by atoms with E-state index < -0.39 is 0 Å². The van der Waals surface area contributed by atoms with Gasteiger partial charge in [-0.1, -0.05) is 31.1 Å². The van der Waals surface area contributed by atoms with Gasteiger partial charge in [-0.25, -0.2) is 4.68 Å². The molecular formula is C22H28N4O2S. The van der Waals surface area contributed by atoms with Crippen molar-refractivity contribution in [3.8, 4) is 11.5 Å². The van der Waals surface area contributed by atoms with Gasteiger partial charge in [-0.15, -0.1) is 6.58 Å². The number of nitrogens with zero attached hydrogens (tertiary/aromatic N) is 4. The van der Waals surface area contributed by atoms with E-state index in [-0.39, 0.29) is 6.10 Å². The largest absolute Gasteiger partial charge is 0.485 e. The first kappa shape index (κ1) is 18.9. The molecule has 0 amide bonds. The van der Waals surface area contributed by atoms with Gasteiger partial charge in [0.25, 0.3) is 0 Å². The molecule has 6 nitrogen and oxygen atoms in total. The highest BCUT2D eigenvalue weighted by atomic mass is 32.1. The van der Waals surface area contributed by atoms with Crippen molar-refractivity contribution in [2.24, 2.45) is 0 Å². The molecule has 1 unspecified atom stereocenters. The Morgan fingerprint density at radius 3 is 2.59 bits per heavy atom. The molecule has 1 atom stereocenters. The Hall–Kier alpha value is -2.12. The SMILES string of the molecule is C=CCn1c(C2COc3ccccc3O2)nn(CN(C2CCCC2)C2CC2)c1=S. The number of aromatic nitrogens is 3. The predicted octanol–water partition coefficient (Wildman–Crippen LogP) is 4.48. The summed E-state index contributed by atoms with van der Waals surface area (Å²) in [6.07, 6.45) is 9.42. The summed E-state index contributed by atoms with van der Waals surface area (Å²) >= 11 is 5.82. The van der Waals surface area contributed by atoms with Gasteiger partial charge in [0.2, 0.25) is 0 Å². The fourth-order valence-electron chi connectivity index (χ4n) is 4.56. The van der Waals surface area contributed by atoms with Crippen LogP contribution in [0.5, 0.6) is 11.5 Å². The third-order valence-corrected chi connectivity index (χ3v) is 6.60. The minimum atomic E-state index is -0.284. The quantitative estimate of drug-likeness (QED) is 0.496. The van der Waals surface area contributed by atoms with Crippen LogP contribution in [-0.2, 0) is 13.2 Å². The van der Waals surface area contributed by atoms with E-state index in [1.54, 1.807) is 0 Å². The molecule has 0 bridgehead atoms. The summed E-state index contributed by atoms with van der Waals surface area (Å²) in [5.41, 5.74) is 0. The molecule has 2 fully saturated rings. The first-order valence-corrected chi connectivity index (χ1v) is 11.1. The first-order chi connectivity index (χ1) is 14.2. The summed E-state index contributed by atoms with van der Waals surface area (Å²) < 4.78 is 16.9. The second-order valence-electron chi connectivity index (χ2n) is 8.23. The lowest BCUT2D eigenvalue weighted by atomic mass is 10.2. The molecule has 2 saturated carbocycles. The maximum absolute atomic E-state index is 6.22. The zero-order valence-corrected chi connectivity index (χ0v) is 17.5. The molecule has 2 aromatic rings. The van der Waals surface area contributed by atoms with Crippen LogP contribution in [0.4, 0.5) is 0 Å². The number of hydrogen-bond acceptors (Lipinski definition) is 5. The molecule has 0 N–H and O–H groups in total. The van der Waals surface area contributed by atoms with Gasteiger partial charge in [-0.2, -0.15) is 5.10 Å². The molecule has 7 heteroatoms. The van der Waals surface area contributed by atoms with Crippen LogP contribution in [0.1, 0.15) is 50.5 Å². The van der Waals surface area contributed by atoms with Gasteiger partial charge < -0.3 is 9.47 Å². The van der Waals surface area contributed by atoms with E-state index in [0.717, 1.165) is 28.8 Å². The molecular weight excluding hydrogens is 384 g/mol. The molecule has 2 heterocycles. The molecule has 154 valence electrons. The van der Waals surface area contributed by atoms with Crippen LogP contribution in [0.2, 0.25) is 0 Å². The van der Waals surface area contributed by atoms with E-state index in [1.165, 1.54) is 38.5 Å². The number of benzene rings is 1. The van der Waals surface area contributed by atoms with Crippen molar-refractivity contribution in [3.05, 3.63) is 47.5 Å². The van der Waals surface area contributed by atoms with Crippen LogP contribution >= 0.6 is 12.2 Å². The van der Waals surface area contributed by atoms with Crippen molar-refractivity contribution < 1.29 is 9.47 Å². The van der Waals surface area contributed by atoms with Gasteiger partial charge >= 0.3 is 0 Å². The van der Waals surface area contributed by atoms with Gasteiger partial charge in [-0.3, -0.25) is 9.47 Å². The minimum absolute atomic E-state index is 0.284. The van der Waals surface area contributed by atoms with E-state index in [9.17, 15) is 0 Å². The smallest absolute Gasteiger partial charge is 0.199 e. The van der Waals surface area contributed by atoms with Gasteiger partial charge in [0.05, 0.1) is 6.67 Å². The average Bonchev–Trinajstić information content (AvgIpc) is 3.35. The number of ether oxygens (including phenoxy) is 2. The molecule has 5 rings (SSSR count). The summed E-state index contributed by atoms with van der Waals surface area (Å²) in [4.78, 5) is 2.63. The summed E-state index contributed by atoms with van der Waals surface area (Å²) in [6.45, 7) is 5.70. The highest BCUT2D eigenvalue weighted by Gasteiger charge is 2.36. The molecule has 1 aromatic heterocycles. The van der Waals surface area contributed by atoms with E-state index in [1.807, 2.05) is 39.6 Å². The van der Waals surface area contributed by atoms with E-state index in [2.05, 4.69) is 11.5 Å². The lowest BCUT2D eigenvalue weighted by Crippen LogP contribution is -2.37. The number of hydrogen-bond donors (Lipinski definition) is 0. The molecule has 29 heavy (non-hydrogen) atoms. The standard InChI is InChI=1S/C22H28N4O2S/c1-2-13-24-21(20-14-27-18-9-5-6-10-19(18)28-20)23-26(22(24)29)15-25(17-11-12-17)16-7-3-4-8-16/h2,5-6,9-10,16-17,20H,1,3-4,7-8,11-15H2. The minimum Gasteiger partial charge on any atom is -0.485 e. The van der Waals surface area contributed by atoms with Crippen LogP contribution in [0, 0.1) is 4.77 Å². The highest BCUT2D eigenvalue weighted by Crippen LogP contribution is 2.37. The fraction of sp³-hybridized carbons (Fsp3) is 0.545. The van der Waals surface area contributed by atoms with E-state index in [0.29, 0.717) is 25.2 Å². The molecule has 1 aromatic carbocycles. The number of allylic oxidation sites excluding steroid dienone is 1. The molecule has 3 aliphatic rings. The van der Waals surface area contributed by atoms with Gasteiger partial charge in [0.1, 0.15) is 6.61 Å². The van der Waals surface area contributed by atoms with Crippen LogP contribution in [0.3, 0.4) is 0 Å². The van der Waals surface area contributed by atoms with Crippen molar-refractivity contribution in [1.82, 2.24) is 19.2 Å². The van der Waals surface area contributed by atoms with Gasteiger partial charge in [0, 0.05) is 18.6 Å². The zero-order valence-electron chi connectivity index (χ0n) is 16.7. The van der Waals surface area contributed by atoms with Crippen LogP contribution < -0.4 is 9.47 Å². The predicted molar refractivity (Wildman–Crippen MR) is 114 cm³/mol. The second kappa shape index (κ2) is 7.95. The Kier molecular flexibility index (Phi) is 5.18. The maximum atomic E-state index is 6.22. The Labute approximate surface area is 176 Å². The average molecular weight is 413 g/mol. The van der Waals surface area contributed by atoms with Crippen molar-refractivity contribution in [1.29, 1.82) is 0 Å². The number of para-hydroxylation sites is 2. The normalized spacial score (nSPS) is 21.6. The van der Waals surface area contributed by atoms with Crippen molar-refractivity contribution in [3.63, 3.8) is 0 Å². The fourth-order valence-corrected chi connectivity index (χ4v) is 4.83. The van der Waals surface area contributed by atoms with Crippen LogP contribution in [0.15, 0.2) is 36.9 Å². The van der Waals surface area contributed by atoms with E-state index >= 15 is 0 Å². The van der Waals surface area contributed by atoms with E-state index in [4.69, 9.17) is 26.8 Å². The Morgan fingerprint density at radius 1 is 1.14 bits per heavy atom. The third kappa shape index (κ3) is 3.73. The lowest BCUT2D eigenvalue weighted by Gasteiger charge is -2.28. The van der Waals surface area contributed by atoms with Crippen molar-refractivity contribution in [2.75, 3.05) is 6.61 Å². The zero-order chi connectivity index (χ0) is 19.8. The third-order valence-electron chi connectivity index (χ3n) is 6.17. The van der Waals surface area contributed by atoms with Crippen LogP contribution in [-0.4, -0.2) is 37.9 Å². The Morgan fingerprint density at radius 2 is 1.86 bits per heavy atom. The first-order valence-electron chi connectivity index (χ1n) is 10.7. The summed E-state index contributed by atoms with van der Waals surface area (Å²) in [5, 5.41) is 4.93. The molecule has 0 radical (unpaired) electrons.